The molecule has 0 radical (unpaired) electrons. The third-order valence-corrected chi connectivity index (χ3v) is 3.42. The number of nitrogens with two attached hydrogens (primary N) is 1. The topological polar surface area (TPSA) is 51.8 Å². The predicted octanol–water partition coefficient (Wildman–Crippen LogP) is 4.16. The standard InChI is InChI=1S/C16H20FN3/c1-4-10(3)8-12(14(17)5-2)16-19-9-13(11-6-7-11)15(18)20-16/h5,8-9,11H,3-4,6-7H2,1-2H3,(H2,18,19,20)/b12-8+,14-5+. The Bertz CT molecular complexity index is 583. The highest BCUT2D eigenvalue weighted by Crippen LogP contribution is 2.42. The molecule has 0 atom stereocenters. The van der Waals surface area contributed by atoms with Crippen molar-refractivity contribution >= 4 is 11.4 Å². The zero-order chi connectivity index (χ0) is 14.7. The maximum absolute atomic E-state index is 14.0. The quantitative estimate of drug-likeness (QED) is 0.819. The molecular formula is C16H20FN3. The predicted molar refractivity (Wildman–Crippen MR) is 80.7 cm³/mol. The van der Waals surface area contributed by atoms with E-state index in [1.54, 1.807) is 19.2 Å². The summed E-state index contributed by atoms with van der Waals surface area (Å²) >= 11 is 0. The summed E-state index contributed by atoms with van der Waals surface area (Å²) in [5.74, 6) is 0.887. The van der Waals surface area contributed by atoms with Crippen LogP contribution < -0.4 is 5.73 Å². The molecule has 0 spiro atoms. The number of hydrogen-bond acceptors (Lipinski definition) is 3. The van der Waals surface area contributed by atoms with Crippen molar-refractivity contribution in [2.24, 2.45) is 0 Å². The van der Waals surface area contributed by atoms with E-state index in [9.17, 15) is 4.39 Å². The smallest absolute Gasteiger partial charge is 0.164 e. The van der Waals surface area contributed by atoms with Gasteiger partial charge in [-0.3, -0.25) is 0 Å². The number of hydrogen-bond donors (Lipinski definition) is 1. The van der Waals surface area contributed by atoms with Gasteiger partial charge in [-0.2, -0.15) is 0 Å². The Morgan fingerprint density at radius 3 is 2.75 bits per heavy atom. The molecule has 106 valence electrons. The Hall–Kier alpha value is -1.97. The van der Waals surface area contributed by atoms with Gasteiger partial charge in [-0.25, -0.2) is 14.4 Å². The molecule has 1 aliphatic rings. The van der Waals surface area contributed by atoms with Crippen molar-refractivity contribution in [1.82, 2.24) is 9.97 Å². The van der Waals surface area contributed by atoms with Crippen molar-refractivity contribution in [1.29, 1.82) is 0 Å². The number of halogens is 1. The van der Waals surface area contributed by atoms with E-state index in [1.807, 2.05) is 6.92 Å². The molecule has 4 heteroatoms. The molecule has 0 saturated heterocycles. The van der Waals surface area contributed by atoms with Crippen LogP contribution in [0.15, 0.2) is 36.3 Å². The fourth-order valence-electron chi connectivity index (χ4n) is 1.94. The van der Waals surface area contributed by atoms with E-state index < -0.39 is 0 Å². The molecule has 1 aliphatic carbocycles. The Balaban J connectivity index is 2.41. The lowest BCUT2D eigenvalue weighted by molar-refractivity contribution is 0.669. The number of nitrogen functional groups attached to an aromatic ring is 1. The van der Waals surface area contributed by atoms with Crippen molar-refractivity contribution in [3.63, 3.8) is 0 Å². The Labute approximate surface area is 119 Å². The van der Waals surface area contributed by atoms with Gasteiger partial charge in [0.1, 0.15) is 11.6 Å². The molecule has 2 N–H and O–H groups in total. The molecule has 1 saturated carbocycles. The Kier molecular flexibility index (Phi) is 4.32. The van der Waals surface area contributed by atoms with Crippen molar-refractivity contribution in [2.75, 3.05) is 5.73 Å². The molecule has 1 fully saturated rings. The van der Waals surface area contributed by atoms with Crippen LogP contribution in [0.3, 0.4) is 0 Å². The number of anilines is 1. The zero-order valence-electron chi connectivity index (χ0n) is 12.0. The van der Waals surface area contributed by atoms with Crippen LogP contribution in [0, 0.1) is 0 Å². The largest absolute Gasteiger partial charge is 0.383 e. The molecular weight excluding hydrogens is 253 g/mol. The zero-order valence-corrected chi connectivity index (χ0v) is 12.0. The minimum Gasteiger partial charge on any atom is -0.383 e. The third-order valence-electron chi connectivity index (χ3n) is 3.42. The fraction of sp³-hybridized carbons (Fsp3) is 0.375. The molecule has 1 heterocycles. The first-order valence-electron chi connectivity index (χ1n) is 6.91. The van der Waals surface area contributed by atoms with Gasteiger partial charge in [0.25, 0.3) is 0 Å². The molecule has 0 aromatic carbocycles. The van der Waals surface area contributed by atoms with Gasteiger partial charge in [0.05, 0.1) is 5.57 Å². The number of rotatable bonds is 5. The van der Waals surface area contributed by atoms with Gasteiger partial charge in [-0.05, 0) is 38.2 Å². The summed E-state index contributed by atoms with van der Waals surface area (Å²) in [5, 5.41) is 0. The van der Waals surface area contributed by atoms with Gasteiger partial charge in [-0.15, -0.1) is 0 Å². The van der Waals surface area contributed by atoms with E-state index in [0.717, 1.165) is 30.4 Å². The summed E-state index contributed by atoms with van der Waals surface area (Å²) in [5.41, 5.74) is 8.10. The third kappa shape index (κ3) is 3.13. The van der Waals surface area contributed by atoms with E-state index in [-0.39, 0.29) is 5.83 Å². The highest BCUT2D eigenvalue weighted by molar-refractivity contribution is 5.75. The molecule has 2 rings (SSSR count). The van der Waals surface area contributed by atoms with Crippen LogP contribution in [0.4, 0.5) is 10.2 Å². The summed E-state index contributed by atoms with van der Waals surface area (Å²) in [6, 6.07) is 0. The van der Waals surface area contributed by atoms with Crippen LogP contribution >= 0.6 is 0 Å². The van der Waals surface area contributed by atoms with Gasteiger partial charge in [-0.1, -0.05) is 25.2 Å². The van der Waals surface area contributed by atoms with Gasteiger partial charge in [0, 0.05) is 11.8 Å². The van der Waals surface area contributed by atoms with E-state index in [2.05, 4.69) is 16.5 Å². The minimum atomic E-state index is -0.363. The highest BCUT2D eigenvalue weighted by Gasteiger charge is 2.27. The van der Waals surface area contributed by atoms with Gasteiger partial charge >= 0.3 is 0 Å². The van der Waals surface area contributed by atoms with E-state index in [1.165, 1.54) is 6.08 Å². The van der Waals surface area contributed by atoms with Crippen molar-refractivity contribution in [2.45, 2.75) is 39.0 Å². The van der Waals surface area contributed by atoms with E-state index >= 15 is 0 Å². The molecule has 0 unspecified atom stereocenters. The molecule has 0 amide bonds. The summed E-state index contributed by atoms with van der Waals surface area (Å²) < 4.78 is 14.0. The first-order chi connectivity index (χ1) is 9.56. The first kappa shape index (κ1) is 14.4. The van der Waals surface area contributed by atoms with Crippen LogP contribution in [-0.4, -0.2) is 9.97 Å². The maximum Gasteiger partial charge on any atom is 0.164 e. The lowest BCUT2D eigenvalue weighted by Crippen LogP contribution is -2.03. The van der Waals surface area contributed by atoms with Crippen molar-refractivity contribution in [3.05, 3.63) is 47.7 Å². The second-order valence-electron chi connectivity index (χ2n) is 5.01. The van der Waals surface area contributed by atoms with Gasteiger partial charge in [0.15, 0.2) is 5.82 Å². The SMILES string of the molecule is C=C(/C=C(\C(F)=C/C)c1ncc(C2CC2)c(N)n1)CC. The first-order valence-corrected chi connectivity index (χ1v) is 6.91. The van der Waals surface area contributed by atoms with Crippen LogP contribution in [-0.2, 0) is 0 Å². The van der Waals surface area contributed by atoms with E-state index in [4.69, 9.17) is 5.73 Å². The average Bonchev–Trinajstić information content (AvgIpc) is 3.28. The minimum absolute atomic E-state index is 0.317. The monoisotopic (exact) mass is 273 g/mol. The molecule has 0 aliphatic heterocycles. The molecule has 3 nitrogen and oxygen atoms in total. The van der Waals surface area contributed by atoms with Crippen LogP contribution in [0.2, 0.25) is 0 Å². The van der Waals surface area contributed by atoms with Crippen LogP contribution in [0.25, 0.3) is 5.57 Å². The Morgan fingerprint density at radius 1 is 1.55 bits per heavy atom. The summed E-state index contributed by atoms with van der Waals surface area (Å²) in [4.78, 5) is 8.54. The van der Waals surface area contributed by atoms with Gasteiger partial charge < -0.3 is 5.73 Å². The van der Waals surface area contributed by atoms with Crippen molar-refractivity contribution < 1.29 is 4.39 Å². The second kappa shape index (κ2) is 5.99. The highest BCUT2D eigenvalue weighted by atomic mass is 19.1. The summed E-state index contributed by atoms with van der Waals surface area (Å²) in [6.07, 6.45) is 7.80. The molecule has 1 aromatic heterocycles. The Morgan fingerprint density at radius 2 is 2.25 bits per heavy atom. The average molecular weight is 273 g/mol. The number of nitrogens with zero attached hydrogens (tertiary/aromatic N) is 2. The molecule has 0 bridgehead atoms. The van der Waals surface area contributed by atoms with Crippen LogP contribution in [0.1, 0.15) is 50.4 Å². The molecule has 20 heavy (non-hydrogen) atoms. The summed E-state index contributed by atoms with van der Waals surface area (Å²) in [7, 11) is 0. The number of allylic oxidation sites excluding steroid dienone is 5. The second-order valence-corrected chi connectivity index (χ2v) is 5.01. The fourth-order valence-corrected chi connectivity index (χ4v) is 1.94. The van der Waals surface area contributed by atoms with E-state index in [0.29, 0.717) is 23.1 Å². The summed E-state index contributed by atoms with van der Waals surface area (Å²) in [6.45, 7) is 7.48. The normalized spacial score (nSPS) is 16.4. The lowest BCUT2D eigenvalue weighted by atomic mass is 10.1. The lowest BCUT2D eigenvalue weighted by Gasteiger charge is -2.08. The van der Waals surface area contributed by atoms with Gasteiger partial charge in [0.2, 0.25) is 0 Å². The maximum atomic E-state index is 14.0. The molecule has 1 aromatic rings. The number of aromatic nitrogens is 2. The van der Waals surface area contributed by atoms with Crippen LogP contribution in [0.5, 0.6) is 0 Å². The van der Waals surface area contributed by atoms with Crippen molar-refractivity contribution in [3.8, 4) is 0 Å².